The van der Waals surface area contributed by atoms with Crippen LogP contribution in [0.2, 0.25) is 0 Å². The smallest absolute Gasteiger partial charge is 0.328 e. The zero-order valence-corrected chi connectivity index (χ0v) is 9.10. The first-order chi connectivity index (χ1) is 7.77. The zero-order chi connectivity index (χ0) is 11.4. The number of carboxylic acids is 1. The zero-order valence-electron chi connectivity index (χ0n) is 9.10. The van der Waals surface area contributed by atoms with Crippen LogP contribution in [0.15, 0.2) is 36.2 Å². The lowest BCUT2D eigenvalue weighted by Crippen LogP contribution is -2.10. The third-order valence-corrected chi connectivity index (χ3v) is 3.05. The van der Waals surface area contributed by atoms with Crippen LogP contribution in [0.5, 0.6) is 0 Å². The second-order valence-corrected chi connectivity index (χ2v) is 4.14. The van der Waals surface area contributed by atoms with Crippen LogP contribution < -0.4 is 0 Å². The van der Waals surface area contributed by atoms with Gasteiger partial charge < -0.3 is 5.11 Å². The number of allylic oxidation sites excluding steroid dienone is 1. The number of pyridine rings is 1. The Bertz CT molecular complexity index is 398. The summed E-state index contributed by atoms with van der Waals surface area (Å²) in [5.41, 5.74) is 2.17. The van der Waals surface area contributed by atoms with Crippen molar-refractivity contribution in [2.45, 2.75) is 31.6 Å². The van der Waals surface area contributed by atoms with Gasteiger partial charge in [0, 0.05) is 24.4 Å². The van der Waals surface area contributed by atoms with Crippen LogP contribution in [0.3, 0.4) is 0 Å². The van der Waals surface area contributed by atoms with E-state index in [1.54, 1.807) is 6.20 Å². The molecule has 1 aliphatic rings. The summed E-state index contributed by atoms with van der Waals surface area (Å²) in [6, 6.07) is 3.93. The van der Waals surface area contributed by atoms with Crippen molar-refractivity contribution in [3.63, 3.8) is 0 Å². The summed E-state index contributed by atoms with van der Waals surface area (Å²) in [6.07, 6.45) is 9.14. The molecular formula is C13H15NO2. The molecule has 0 radical (unpaired) electrons. The van der Waals surface area contributed by atoms with E-state index < -0.39 is 5.97 Å². The third-order valence-electron chi connectivity index (χ3n) is 3.05. The van der Waals surface area contributed by atoms with Gasteiger partial charge in [-0.3, -0.25) is 4.98 Å². The summed E-state index contributed by atoms with van der Waals surface area (Å²) in [5, 5.41) is 8.84. The fourth-order valence-electron chi connectivity index (χ4n) is 2.33. The van der Waals surface area contributed by atoms with Crippen molar-refractivity contribution >= 4 is 5.97 Å². The number of aromatic nitrogens is 1. The van der Waals surface area contributed by atoms with Crippen molar-refractivity contribution in [3.05, 3.63) is 41.7 Å². The molecule has 1 aliphatic carbocycles. The molecule has 1 aromatic heterocycles. The quantitative estimate of drug-likeness (QED) is 0.775. The Labute approximate surface area is 94.8 Å². The molecule has 1 heterocycles. The molecule has 2 rings (SSSR count). The number of carboxylic acid groups (broad SMARTS) is 1. The molecule has 3 heteroatoms. The Hall–Kier alpha value is -1.64. The number of hydrogen-bond donors (Lipinski definition) is 1. The van der Waals surface area contributed by atoms with Gasteiger partial charge in [0.2, 0.25) is 0 Å². The van der Waals surface area contributed by atoms with E-state index in [0.717, 1.165) is 36.8 Å². The number of rotatable bonds is 2. The largest absolute Gasteiger partial charge is 0.478 e. The fourth-order valence-corrected chi connectivity index (χ4v) is 2.33. The van der Waals surface area contributed by atoms with E-state index in [2.05, 4.69) is 4.98 Å². The lowest BCUT2D eigenvalue weighted by molar-refractivity contribution is -0.131. The maximum atomic E-state index is 10.8. The molecule has 0 amide bonds. The van der Waals surface area contributed by atoms with Crippen molar-refractivity contribution in [2.24, 2.45) is 0 Å². The van der Waals surface area contributed by atoms with Crippen LogP contribution >= 0.6 is 0 Å². The van der Waals surface area contributed by atoms with Gasteiger partial charge in [-0.15, -0.1) is 0 Å². The van der Waals surface area contributed by atoms with Crippen LogP contribution in [0.1, 0.15) is 37.2 Å². The molecule has 0 spiro atoms. The molecule has 0 aromatic carbocycles. The minimum atomic E-state index is -0.842. The van der Waals surface area contributed by atoms with Crippen molar-refractivity contribution in [3.8, 4) is 0 Å². The number of carbonyl (C=O) groups is 1. The van der Waals surface area contributed by atoms with Gasteiger partial charge >= 0.3 is 5.97 Å². The van der Waals surface area contributed by atoms with Crippen molar-refractivity contribution in [1.29, 1.82) is 0 Å². The topological polar surface area (TPSA) is 50.2 Å². The van der Waals surface area contributed by atoms with Crippen molar-refractivity contribution < 1.29 is 9.90 Å². The summed E-state index contributed by atoms with van der Waals surface area (Å²) in [4.78, 5) is 14.9. The maximum Gasteiger partial charge on any atom is 0.328 e. The first-order valence-electron chi connectivity index (χ1n) is 5.60. The first kappa shape index (κ1) is 10.9. The van der Waals surface area contributed by atoms with Gasteiger partial charge in [0.15, 0.2) is 0 Å². The Kier molecular flexibility index (Phi) is 3.34. The van der Waals surface area contributed by atoms with Gasteiger partial charge in [0.25, 0.3) is 0 Å². The average molecular weight is 217 g/mol. The second-order valence-electron chi connectivity index (χ2n) is 4.14. The number of aliphatic carboxylic acids is 1. The summed E-state index contributed by atoms with van der Waals surface area (Å²) >= 11 is 0. The van der Waals surface area contributed by atoms with E-state index in [1.165, 1.54) is 6.08 Å². The molecule has 1 saturated carbocycles. The molecule has 0 saturated heterocycles. The molecule has 1 N–H and O–H groups in total. The Balaban J connectivity index is 2.27. The highest BCUT2D eigenvalue weighted by Gasteiger charge is 2.21. The SMILES string of the molecule is O=C(O)/C=C1\CCCCC1c1cccnc1. The van der Waals surface area contributed by atoms with E-state index in [4.69, 9.17) is 5.11 Å². The van der Waals surface area contributed by atoms with Gasteiger partial charge in [-0.2, -0.15) is 0 Å². The lowest BCUT2D eigenvalue weighted by Gasteiger charge is -2.25. The predicted octanol–water partition coefficient (Wildman–Crippen LogP) is 2.75. The highest BCUT2D eigenvalue weighted by molar-refractivity contribution is 5.81. The Morgan fingerprint density at radius 3 is 3.06 bits per heavy atom. The minimum Gasteiger partial charge on any atom is -0.478 e. The molecule has 0 bridgehead atoms. The Morgan fingerprint density at radius 1 is 1.50 bits per heavy atom. The molecule has 1 atom stereocenters. The molecule has 1 fully saturated rings. The summed E-state index contributed by atoms with van der Waals surface area (Å²) in [7, 11) is 0. The van der Waals surface area contributed by atoms with Gasteiger partial charge in [0.05, 0.1) is 0 Å². The molecule has 0 aliphatic heterocycles. The molecular weight excluding hydrogens is 202 g/mol. The van der Waals surface area contributed by atoms with Crippen molar-refractivity contribution in [1.82, 2.24) is 4.98 Å². The van der Waals surface area contributed by atoms with Crippen LogP contribution in [-0.2, 0) is 4.79 Å². The monoisotopic (exact) mass is 217 g/mol. The molecule has 3 nitrogen and oxygen atoms in total. The van der Waals surface area contributed by atoms with Crippen molar-refractivity contribution in [2.75, 3.05) is 0 Å². The van der Waals surface area contributed by atoms with Gasteiger partial charge in [0.1, 0.15) is 0 Å². The Morgan fingerprint density at radius 2 is 2.38 bits per heavy atom. The van der Waals surface area contributed by atoms with Crippen LogP contribution in [-0.4, -0.2) is 16.1 Å². The normalized spacial score (nSPS) is 23.2. The molecule has 16 heavy (non-hydrogen) atoms. The predicted molar refractivity (Wildman–Crippen MR) is 61.2 cm³/mol. The van der Waals surface area contributed by atoms with E-state index in [1.807, 2.05) is 18.3 Å². The molecule has 84 valence electrons. The van der Waals surface area contributed by atoms with E-state index >= 15 is 0 Å². The highest BCUT2D eigenvalue weighted by Crippen LogP contribution is 2.36. The maximum absolute atomic E-state index is 10.8. The van der Waals surface area contributed by atoms with Gasteiger partial charge in [-0.1, -0.05) is 18.1 Å². The van der Waals surface area contributed by atoms with Gasteiger partial charge in [-0.25, -0.2) is 4.79 Å². The molecule has 1 unspecified atom stereocenters. The van der Waals surface area contributed by atoms with E-state index in [9.17, 15) is 4.79 Å². The fraction of sp³-hybridized carbons (Fsp3) is 0.385. The summed E-state index contributed by atoms with van der Waals surface area (Å²) in [5.74, 6) is -0.593. The summed E-state index contributed by atoms with van der Waals surface area (Å²) < 4.78 is 0. The number of nitrogens with zero attached hydrogens (tertiary/aromatic N) is 1. The average Bonchev–Trinajstić information content (AvgIpc) is 2.30. The van der Waals surface area contributed by atoms with Crippen LogP contribution in [0, 0.1) is 0 Å². The van der Waals surface area contributed by atoms with Gasteiger partial charge in [-0.05, 0) is 30.9 Å². The second kappa shape index (κ2) is 4.92. The lowest BCUT2D eigenvalue weighted by atomic mass is 9.80. The number of hydrogen-bond acceptors (Lipinski definition) is 2. The standard InChI is InChI=1S/C13H15NO2/c15-13(16)8-10-4-1-2-6-12(10)11-5-3-7-14-9-11/h3,5,7-9,12H,1-2,4,6H2,(H,15,16)/b10-8+. The summed E-state index contributed by atoms with van der Waals surface area (Å²) in [6.45, 7) is 0. The first-order valence-corrected chi connectivity index (χ1v) is 5.60. The minimum absolute atomic E-state index is 0.249. The highest BCUT2D eigenvalue weighted by atomic mass is 16.4. The van der Waals surface area contributed by atoms with Crippen LogP contribution in [0.4, 0.5) is 0 Å². The van der Waals surface area contributed by atoms with Crippen LogP contribution in [0.25, 0.3) is 0 Å². The third kappa shape index (κ3) is 2.48. The molecule has 1 aromatic rings. The van der Waals surface area contributed by atoms with E-state index in [-0.39, 0.29) is 5.92 Å². The van der Waals surface area contributed by atoms with E-state index in [0.29, 0.717) is 0 Å².